The molecule has 96 valence electrons. The Hall–Kier alpha value is -0.840. The van der Waals surface area contributed by atoms with E-state index in [0.29, 0.717) is 6.42 Å². The summed E-state index contributed by atoms with van der Waals surface area (Å²) in [4.78, 5) is 11.4. The van der Waals surface area contributed by atoms with Crippen LogP contribution < -0.4 is 0 Å². The third-order valence-corrected chi connectivity index (χ3v) is 2.45. The molecule has 5 heteroatoms. The third kappa shape index (κ3) is 6.46. The van der Waals surface area contributed by atoms with Gasteiger partial charge in [0.25, 0.3) is 0 Å². The maximum absolute atomic E-state index is 11.4. The van der Waals surface area contributed by atoms with Crippen molar-refractivity contribution in [3.05, 3.63) is 16.9 Å². The van der Waals surface area contributed by atoms with Crippen LogP contribution in [-0.2, 0) is 16.1 Å². The molecule has 0 saturated heterocycles. The molecule has 0 unspecified atom stereocenters. The van der Waals surface area contributed by atoms with Crippen molar-refractivity contribution in [1.29, 1.82) is 0 Å². The highest BCUT2D eigenvalue weighted by molar-refractivity contribution is 9.10. The predicted octanol–water partition coefficient (Wildman–Crippen LogP) is 3.16. The SMILES string of the molecule is CC(C)(C)OC(=O)CCCCn1cc(Br)cn1. The summed E-state index contributed by atoms with van der Waals surface area (Å²) in [6.07, 6.45) is 5.90. The number of hydrogen-bond acceptors (Lipinski definition) is 3. The first-order chi connectivity index (χ1) is 7.87. The number of aromatic nitrogens is 2. The molecule has 0 radical (unpaired) electrons. The molecule has 0 aliphatic rings. The molecule has 0 saturated carbocycles. The number of carbonyl (C=O) groups is 1. The maximum atomic E-state index is 11.4. The summed E-state index contributed by atoms with van der Waals surface area (Å²) < 4.78 is 8.06. The second-order valence-electron chi connectivity index (χ2n) is 4.97. The van der Waals surface area contributed by atoms with Crippen LogP contribution in [0, 0.1) is 0 Å². The number of unbranched alkanes of at least 4 members (excludes halogenated alkanes) is 1. The van der Waals surface area contributed by atoms with Gasteiger partial charge in [0.15, 0.2) is 0 Å². The van der Waals surface area contributed by atoms with Gasteiger partial charge >= 0.3 is 5.97 Å². The standard InChI is InChI=1S/C12H19BrN2O2/c1-12(2,3)17-11(16)6-4-5-7-15-9-10(13)8-14-15/h8-9H,4-7H2,1-3H3. The van der Waals surface area contributed by atoms with Crippen LogP contribution in [0.1, 0.15) is 40.0 Å². The van der Waals surface area contributed by atoms with Crippen LogP contribution in [0.15, 0.2) is 16.9 Å². The van der Waals surface area contributed by atoms with E-state index >= 15 is 0 Å². The van der Waals surface area contributed by atoms with E-state index in [1.165, 1.54) is 0 Å². The monoisotopic (exact) mass is 302 g/mol. The first-order valence-electron chi connectivity index (χ1n) is 5.76. The van der Waals surface area contributed by atoms with Gasteiger partial charge in [-0.3, -0.25) is 9.48 Å². The Kier molecular flexibility index (Phi) is 5.18. The van der Waals surface area contributed by atoms with Crippen molar-refractivity contribution in [3.8, 4) is 0 Å². The number of aryl methyl sites for hydroxylation is 1. The second-order valence-corrected chi connectivity index (χ2v) is 5.88. The number of halogens is 1. The molecular weight excluding hydrogens is 284 g/mol. The van der Waals surface area contributed by atoms with E-state index in [2.05, 4.69) is 21.0 Å². The van der Waals surface area contributed by atoms with Gasteiger partial charge in [-0.25, -0.2) is 0 Å². The molecule has 0 fully saturated rings. The van der Waals surface area contributed by atoms with E-state index in [0.717, 1.165) is 23.9 Å². The normalized spacial score (nSPS) is 11.5. The number of nitrogens with zero attached hydrogens (tertiary/aromatic N) is 2. The molecule has 0 N–H and O–H groups in total. The highest BCUT2D eigenvalue weighted by atomic mass is 79.9. The highest BCUT2D eigenvalue weighted by Gasteiger charge is 2.15. The summed E-state index contributed by atoms with van der Waals surface area (Å²) in [6, 6.07) is 0. The number of carbonyl (C=O) groups excluding carboxylic acids is 1. The molecule has 0 atom stereocenters. The van der Waals surface area contributed by atoms with Crippen molar-refractivity contribution >= 4 is 21.9 Å². The van der Waals surface area contributed by atoms with Crippen molar-refractivity contribution < 1.29 is 9.53 Å². The lowest BCUT2D eigenvalue weighted by Gasteiger charge is -2.19. The fourth-order valence-corrected chi connectivity index (χ4v) is 1.72. The van der Waals surface area contributed by atoms with Gasteiger partial charge in [-0.05, 0) is 49.5 Å². The van der Waals surface area contributed by atoms with Crippen LogP contribution >= 0.6 is 15.9 Å². The van der Waals surface area contributed by atoms with Gasteiger partial charge in [0, 0.05) is 19.2 Å². The summed E-state index contributed by atoms with van der Waals surface area (Å²) in [7, 11) is 0. The van der Waals surface area contributed by atoms with Crippen molar-refractivity contribution in [2.24, 2.45) is 0 Å². The smallest absolute Gasteiger partial charge is 0.306 e. The average Bonchev–Trinajstić information content (AvgIpc) is 2.56. The zero-order chi connectivity index (χ0) is 12.9. The Bertz CT molecular complexity index is 369. The molecule has 4 nitrogen and oxygen atoms in total. The van der Waals surface area contributed by atoms with E-state index < -0.39 is 0 Å². The number of rotatable bonds is 5. The van der Waals surface area contributed by atoms with Crippen LogP contribution in [0.2, 0.25) is 0 Å². The van der Waals surface area contributed by atoms with Crippen molar-refractivity contribution in [1.82, 2.24) is 9.78 Å². The summed E-state index contributed by atoms with van der Waals surface area (Å²) in [5.74, 6) is -0.126. The molecule has 0 amide bonds. The first-order valence-corrected chi connectivity index (χ1v) is 6.56. The molecule has 1 aromatic heterocycles. The van der Waals surface area contributed by atoms with Crippen LogP contribution in [0.3, 0.4) is 0 Å². The molecule has 1 rings (SSSR count). The Labute approximate surface area is 110 Å². The van der Waals surface area contributed by atoms with Gasteiger partial charge in [0.05, 0.1) is 10.7 Å². The minimum absolute atomic E-state index is 0.126. The number of ether oxygens (including phenoxy) is 1. The largest absolute Gasteiger partial charge is 0.460 e. The molecule has 17 heavy (non-hydrogen) atoms. The quantitative estimate of drug-likeness (QED) is 0.620. The van der Waals surface area contributed by atoms with Gasteiger partial charge in [0.2, 0.25) is 0 Å². The second kappa shape index (κ2) is 6.19. The summed E-state index contributed by atoms with van der Waals surface area (Å²) in [5.41, 5.74) is -0.385. The minimum atomic E-state index is -0.385. The molecule has 0 aliphatic carbocycles. The van der Waals surface area contributed by atoms with E-state index in [9.17, 15) is 4.79 Å². The number of esters is 1. The summed E-state index contributed by atoms with van der Waals surface area (Å²) >= 11 is 3.34. The van der Waals surface area contributed by atoms with Crippen molar-refractivity contribution in [2.75, 3.05) is 0 Å². The minimum Gasteiger partial charge on any atom is -0.460 e. The third-order valence-electron chi connectivity index (χ3n) is 2.04. The molecule has 1 heterocycles. The van der Waals surface area contributed by atoms with Gasteiger partial charge in [0.1, 0.15) is 5.60 Å². The van der Waals surface area contributed by atoms with Crippen LogP contribution in [-0.4, -0.2) is 21.4 Å². The number of hydrogen-bond donors (Lipinski definition) is 0. The van der Waals surface area contributed by atoms with E-state index in [1.54, 1.807) is 6.20 Å². The van der Waals surface area contributed by atoms with Crippen LogP contribution in [0.5, 0.6) is 0 Å². The fraction of sp³-hybridized carbons (Fsp3) is 0.667. The lowest BCUT2D eigenvalue weighted by atomic mass is 10.2. The lowest BCUT2D eigenvalue weighted by molar-refractivity contribution is -0.154. The van der Waals surface area contributed by atoms with Crippen LogP contribution in [0.4, 0.5) is 0 Å². The Morgan fingerprint density at radius 1 is 1.47 bits per heavy atom. The molecular formula is C12H19BrN2O2. The zero-order valence-electron chi connectivity index (χ0n) is 10.6. The Balaban J connectivity index is 2.14. The molecule has 0 bridgehead atoms. The highest BCUT2D eigenvalue weighted by Crippen LogP contribution is 2.11. The first kappa shape index (κ1) is 14.2. The maximum Gasteiger partial charge on any atom is 0.306 e. The van der Waals surface area contributed by atoms with E-state index in [4.69, 9.17) is 4.74 Å². The predicted molar refractivity (Wildman–Crippen MR) is 69.6 cm³/mol. The Morgan fingerprint density at radius 3 is 2.71 bits per heavy atom. The molecule has 0 aromatic carbocycles. The molecule has 0 aliphatic heterocycles. The lowest BCUT2D eigenvalue weighted by Crippen LogP contribution is -2.23. The van der Waals surface area contributed by atoms with Crippen molar-refractivity contribution in [3.63, 3.8) is 0 Å². The fourth-order valence-electron chi connectivity index (χ4n) is 1.40. The van der Waals surface area contributed by atoms with Gasteiger partial charge in [-0.1, -0.05) is 0 Å². The van der Waals surface area contributed by atoms with Crippen molar-refractivity contribution in [2.45, 2.75) is 52.2 Å². The zero-order valence-corrected chi connectivity index (χ0v) is 12.2. The summed E-state index contributed by atoms with van der Waals surface area (Å²) in [6.45, 7) is 6.47. The molecule has 1 aromatic rings. The van der Waals surface area contributed by atoms with Gasteiger partial charge in [-0.15, -0.1) is 0 Å². The Morgan fingerprint density at radius 2 is 2.18 bits per heavy atom. The average molecular weight is 303 g/mol. The topological polar surface area (TPSA) is 44.1 Å². The van der Waals surface area contributed by atoms with Crippen LogP contribution in [0.25, 0.3) is 0 Å². The molecule has 0 spiro atoms. The van der Waals surface area contributed by atoms with Gasteiger partial charge in [-0.2, -0.15) is 5.10 Å². The van der Waals surface area contributed by atoms with E-state index in [1.807, 2.05) is 31.6 Å². The van der Waals surface area contributed by atoms with Gasteiger partial charge < -0.3 is 4.74 Å². The van der Waals surface area contributed by atoms with E-state index in [-0.39, 0.29) is 11.6 Å². The summed E-state index contributed by atoms with van der Waals surface area (Å²) in [5, 5.41) is 4.15.